The molecule has 0 aliphatic carbocycles. The molecule has 0 unspecified atom stereocenters. The number of benzene rings is 1. The third-order valence-electron chi connectivity index (χ3n) is 2.81. The van der Waals surface area contributed by atoms with Crippen LogP contribution in [0.2, 0.25) is 0 Å². The Morgan fingerprint density at radius 1 is 1.50 bits per heavy atom. The van der Waals surface area contributed by atoms with Crippen molar-refractivity contribution in [1.29, 1.82) is 0 Å². The molecule has 0 radical (unpaired) electrons. The minimum atomic E-state index is -0.499. The lowest BCUT2D eigenvalue weighted by atomic mass is 10.1. The van der Waals surface area contributed by atoms with E-state index in [2.05, 4.69) is 26.6 Å². The molecule has 1 atom stereocenters. The zero-order valence-corrected chi connectivity index (χ0v) is 12.1. The predicted molar refractivity (Wildman–Crippen MR) is 74.7 cm³/mol. The number of piperidine rings is 1. The molecule has 2 rings (SSSR count). The number of carbonyl (C=O) groups excluding carboxylic acids is 1. The lowest BCUT2D eigenvalue weighted by Crippen LogP contribution is -2.45. The van der Waals surface area contributed by atoms with Crippen molar-refractivity contribution in [2.75, 3.05) is 13.1 Å². The van der Waals surface area contributed by atoms with Crippen molar-refractivity contribution < 1.29 is 9.18 Å². The summed E-state index contributed by atoms with van der Waals surface area (Å²) in [6.07, 6.45) is 1.98. The molecule has 1 amide bonds. The first-order chi connectivity index (χ1) is 8.16. The molecule has 1 aliphatic rings. The summed E-state index contributed by atoms with van der Waals surface area (Å²) in [6.45, 7) is 1.74. The Labute approximate surface area is 120 Å². The van der Waals surface area contributed by atoms with Crippen LogP contribution in [-0.4, -0.2) is 25.0 Å². The van der Waals surface area contributed by atoms with Gasteiger partial charge < -0.3 is 10.6 Å². The molecule has 1 aromatic rings. The molecule has 2 N–H and O–H groups in total. The van der Waals surface area contributed by atoms with E-state index in [1.165, 1.54) is 12.1 Å². The maximum absolute atomic E-state index is 13.5. The van der Waals surface area contributed by atoms with Gasteiger partial charge in [-0.05, 0) is 37.6 Å². The number of amides is 1. The molecule has 0 aromatic heterocycles. The van der Waals surface area contributed by atoms with Crippen molar-refractivity contribution in [1.82, 2.24) is 10.6 Å². The van der Waals surface area contributed by atoms with Gasteiger partial charge in [-0.25, -0.2) is 4.39 Å². The van der Waals surface area contributed by atoms with Crippen LogP contribution >= 0.6 is 28.3 Å². The Bertz CT molecular complexity index is 425. The number of nitrogens with one attached hydrogen (secondary N) is 2. The fourth-order valence-electron chi connectivity index (χ4n) is 1.91. The van der Waals surface area contributed by atoms with Gasteiger partial charge in [-0.15, -0.1) is 12.4 Å². The molecular weight excluding hydrogens is 322 g/mol. The topological polar surface area (TPSA) is 41.1 Å². The van der Waals surface area contributed by atoms with Crippen molar-refractivity contribution in [2.24, 2.45) is 0 Å². The van der Waals surface area contributed by atoms with Crippen LogP contribution in [0.1, 0.15) is 23.2 Å². The van der Waals surface area contributed by atoms with Crippen LogP contribution in [0.5, 0.6) is 0 Å². The van der Waals surface area contributed by atoms with Gasteiger partial charge in [0.15, 0.2) is 0 Å². The summed E-state index contributed by atoms with van der Waals surface area (Å²) in [6, 6.07) is 4.55. The van der Waals surface area contributed by atoms with Crippen LogP contribution in [0, 0.1) is 5.82 Å². The second kappa shape index (κ2) is 7.07. The van der Waals surface area contributed by atoms with Gasteiger partial charge >= 0.3 is 0 Å². The first-order valence-electron chi connectivity index (χ1n) is 5.63. The highest BCUT2D eigenvalue weighted by molar-refractivity contribution is 9.10. The lowest BCUT2D eigenvalue weighted by molar-refractivity contribution is 0.0926. The predicted octanol–water partition coefficient (Wildman–Crippen LogP) is 2.49. The molecule has 18 heavy (non-hydrogen) atoms. The van der Waals surface area contributed by atoms with Gasteiger partial charge in [0.2, 0.25) is 0 Å². The fraction of sp³-hybridized carbons (Fsp3) is 0.417. The third kappa shape index (κ3) is 3.93. The highest BCUT2D eigenvalue weighted by Gasteiger charge is 2.18. The van der Waals surface area contributed by atoms with E-state index in [0.29, 0.717) is 4.47 Å². The van der Waals surface area contributed by atoms with E-state index in [9.17, 15) is 9.18 Å². The fourth-order valence-corrected chi connectivity index (χ4v) is 2.24. The average molecular weight is 338 g/mol. The summed E-state index contributed by atoms with van der Waals surface area (Å²) in [5, 5.41) is 6.04. The summed E-state index contributed by atoms with van der Waals surface area (Å²) in [5.41, 5.74) is 0.0961. The average Bonchev–Trinajstić information content (AvgIpc) is 2.30. The zero-order valence-electron chi connectivity index (χ0n) is 9.71. The van der Waals surface area contributed by atoms with Crippen LogP contribution in [0.25, 0.3) is 0 Å². The van der Waals surface area contributed by atoms with Gasteiger partial charge in [-0.1, -0.05) is 15.9 Å². The number of carbonyl (C=O) groups is 1. The second-order valence-electron chi connectivity index (χ2n) is 4.14. The Morgan fingerprint density at radius 2 is 2.28 bits per heavy atom. The standard InChI is InChI=1S/C12H14BrFN2O.ClH/c13-8-3-4-10(11(14)6-8)12(17)16-9-2-1-5-15-7-9;/h3-4,6,9,15H,1-2,5,7H2,(H,16,17);1H/t9-;/m0./s1. The van der Waals surface area contributed by atoms with Gasteiger partial charge in [-0.3, -0.25) is 4.79 Å². The van der Waals surface area contributed by atoms with Gasteiger partial charge in [-0.2, -0.15) is 0 Å². The first kappa shape index (κ1) is 15.4. The van der Waals surface area contributed by atoms with Crippen LogP contribution < -0.4 is 10.6 Å². The first-order valence-corrected chi connectivity index (χ1v) is 6.43. The van der Waals surface area contributed by atoms with Crippen LogP contribution in [0.4, 0.5) is 4.39 Å². The summed E-state index contributed by atoms with van der Waals surface area (Å²) < 4.78 is 14.2. The summed E-state index contributed by atoms with van der Waals surface area (Å²) in [7, 11) is 0. The minimum Gasteiger partial charge on any atom is -0.348 e. The number of rotatable bonds is 2. The van der Waals surface area contributed by atoms with E-state index in [-0.39, 0.29) is 29.9 Å². The molecule has 1 aromatic carbocycles. The minimum absolute atomic E-state index is 0. The zero-order chi connectivity index (χ0) is 12.3. The molecule has 1 heterocycles. The van der Waals surface area contributed by atoms with Crippen molar-refractivity contribution in [2.45, 2.75) is 18.9 Å². The van der Waals surface area contributed by atoms with Crippen molar-refractivity contribution in [3.05, 3.63) is 34.1 Å². The maximum Gasteiger partial charge on any atom is 0.254 e. The molecular formula is C12H15BrClFN2O. The molecule has 0 saturated carbocycles. The molecule has 1 saturated heterocycles. The van der Waals surface area contributed by atoms with Crippen molar-refractivity contribution in [3.8, 4) is 0 Å². The number of hydrogen-bond donors (Lipinski definition) is 2. The normalized spacial score (nSPS) is 18.9. The van der Waals surface area contributed by atoms with Gasteiger partial charge in [0, 0.05) is 17.1 Å². The van der Waals surface area contributed by atoms with Gasteiger partial charge in [0.25, 0.3) is 5.91 Å². The van der Waals surface area contributed by atoms with Crippen LogP contribution in [-0.2, 0) is 0 Å². The quantitative estimate of drug-likeness (QED) is 0.870. The molecule has 0 bridgehead atoms. The molecule has 1 aliphatic heterocycles. The van der Waals surface area contributed by atoms with Gasteiger partial charge in [0.1, 0.15) is 5.82 Å². The largest absolute Gasteiger partial charge is 0.348 e. The highest BCUT2D eigenvalue weighted by atomic mass is 79.9. The monoisotopic (exact) mass is 336 g/mol. The Hall–Kier alpha value is -0.650. The second-order valence-corrected chi connectivity index (χ2v) is 5.06. The Kier molecular flexibility index (Phi) is 6.05. The van der Waals surface area contributed by atoms with Crippen LogP contribution in [0.15, 0.2) is 22.7 Å². The smallest absolute Gasteiger partial charge is 0.254 e. The molecule has 1 fully saturated rings. The number of halogens is 3. The van der Waals surface area contributed by atoms with E-state index in [4.69, 9.17) is 0 Å². The molecule has 100 valence electrons. The summed E-state index contributed by atoms with van der Waals surface area (Å²) in [5.74, 6) is -0.843. The van der Waals surface area contributed by atoms with Gasteiger partial charge in [0.05, 0.1) is 5.56 Å². The Morgan fingerprint density at radius 3 is 2.89 bits per heavy atom. The van der Waals surface area contributed by atoms with E-state index in [1.807, 2.05) is 0 Å². The van der Waals surface area contributed by atoms with E-state index >= 15 is 0 Å². The van der Waals surface area contributed by atoms with Crippen LogP contribution in [0.3, 0.4) is 0 Å². The third-order valence-corrected chi connectivity index (χ3v) is 3.30. The van der Waals surface area contributed by atoms with E-state index in [1.54, 1.807) is 6.07 Å². The number of hydrogen-bond acceptors (Lipinski definition) is 2. The molecule has 0 spiro atoms. The summed E-state index contributed by atoms with van der Waals surface area (Å²) >= 11 is 3.16. The van der Waals surface area contributed by atoms with E-state index in [0.717, 1.165) is 25.9 Å². The van der Waals surface area contributed by atoms with Crippen molar-refractivity contribution >= 4 is 34.2 Å². The Balaban J connectivity index is 0.00000162. The van der Waals surface area contributed by atoms with E-state index < -0.39 is 5.82 Å². The molecule has 6 heteroatoms. The highest BCUT2D eigenvalue weighted by Crippen LogP contribution is 2.15. The lowest BCUT2D eigenvalue weighted by Gasteiger charge is -2.23. The maximum atomic E-state index is 13.5. The molecule has 3 nitrogen and oxygen atoms in total. The summed E-state index contributed by atoms with van der Waals surface area (Å²) in [4.78, 5) is 11.9. The van der Waals surface area contributed by atoms with Crippen molar-refractivity contribution in [3.63, 3.8) is 0 Å². The SMILES string of the molecule is Cl.O=C(N[C@H]1CCCNC1)c1ccc(Br)cc1F.